The van der Waals surface area contributed by atoms with Crippen LogP contribution in [0.1, 0.15) is 5.56 Å². The average molecular weight is 277 g/mol. The van der Waals surface area contributed by atoms with Crippen molar-refractivity contribution in [1.82, 2.24) is 0 Å². The highest BCUT2D eigenvalue weighted by molar-refractivity contribution is 9.09. The lowest BCUT2D eigenvalue weighted by atomic mass is 10.1. The van der Waals surface area contributed by atoms with Crippen LogP contribution in [0.3, 0.4) is 0 Å². The van der Waals surface area contributed by atoms with E-state index < -0.39 is 0 Å². The number of ketones is 1. The number of alkyl halides is 1. The van der Waals surface area contributed by atoms with Crippen molar-refractivity contribution < 1.29 is 9.18 Å². The van der Waals surface area contributed by atoms with Crippen LogP contribution in [0, 0.1) is 5.82 Å². The summed E-state index contributed by atoms with van der Waals surface area (Å²) in [6, 6.07) is 4.95. The molecule has 0 aliphatic carbocycles. The number of carbonyl (C=O) groups excluding carboxylic acids is 1. The van der Waals surface area contributed by atoms with E-state index in [9.17, 15) is 9.18 Å². The maximum absolute atomic E-state index is 13.4. The number of hydrogen-bond donors (Lipinski definition) is 0. The van der Waals surface area contributed by atoms with Crippen molar-refractivity contribution in [2.45, 2.75) is 11.3 Å². The standard InChI is InChI=1S/C10H10BrFOS/c1-14-9-3-2-7(10(12)5-9)4-8(13)6-11/h2-3,5H,4,6H2,1H3. The van der Waals surface area contributed by atoms with Gasteiger partial charge in [0.25, 0.3) is 0 Å². The number of carbonyl (C=O) groups is 1. The van der Waals surface area contributed by atoms with Crippen LogP contribution < -0.4 is 0 Å². The van der Waals surface area contributed by atoms with Crippen LogP contribution in [0.2, 0.25) is 0 Å². The molecule has 14 heavy (non-hydrogen) atoms. The maximum atomic E-state index is 13.4. The van der Waals surface area contributed by atoms with Gasteiger partial charge in [-0.2, -0.15) is 0 Å². The molecular weight excluding hydrogens is 267 g/mol. The Morgan fingerprint density at radius 3 is 2.79 bits per heavy atom. The number of halogens is 2. The monoisotopic (exact) mass is 276 g/mol. The van der Waals surface area contributed by atoms with Crippen molar-refractivity contribution in [3.05, 3.63) is 29.6 Å². The third kappa shape index (κ3) is 3.10. The Balaban J connectivity index is 2.83. The van der Waals surface area contributed by atoms with E-state index in [1.54, 1.807) is 6.07 Å². The van der Waals surface area contributed by atoms with Gasteiger partial charge in [-0.05, 0) is 24.0 Å². The van der Waals surface area contributed by atoms with E-state index in [2.05, 4.69) is 15.9 Å². The second-order valence-electron chi connectivity index (χ2n) is 2.81. The van der Waals surface area contributed by atoms with Gasteiger partial charge in [0.2, 0.25) is 0 Å². The first kappa shape index (κ1) is 11.7. The van der Waals surface area contributed by atoms with Gasteiger partial charge >= 0.3 is 0 Å². The predicted molar refractivity (Wildman–Crippen MR) is 60.7 cm³/mol. The molecule has 0 aromatic heterocycles. The van der Waals surface area contributed by atoms with Crippen molar-refractivity contribution >= 4 is 33.5 Å². The average Bonchev–Trinajstić information content (AvgIpc) is 2.20. The molecule has 0 aliphatic rings. The van der Waals surface area contributed by atoms with Crippen molar-refractivity contribution in [2.24, 2.45) is 0 Å². The van der Waals surface area contributed by atoms with Crippen molar-refractivity contribution in [2.75, 3.05) is 11.6 Å². The SMILES string of the molecule is CSc1ccc(CC(=O)CBr)c(F)c1. The van der Waals surface area contributed by atoms with Crippen LogP contribution in [0.15, 0.2) is 23.1 Å². The third-order valence-corrected chi connectivity index (χ3v) is 3.15. The highest BCUT2D eigenvalue weighted by Crippen LogP contribution is 2.18. The van der Waals surface area contributed by atoms with Gasteiger partial charge in [-0.1, -0.05) is 22.0 Å². The van der Waals surface area contributed by atoms with E-state index in [1.807, 2.05) is 12.3 Å². The highest BCUT2D eigenvalue weighted by Gasteiger charge is 2.07. The molecule has 0 heterocycles. The molecule has 1 aromatic carbocycles. The molecule has 0 spiro atoms. The predicted octanol–water partition coefficient (Wildman–Crippen LogP) is 3.05. The van der Waals surface area contributed by atoms with E-state index in [4.69, 9.17) is 0 Å². The maximum Gasteiger partial charge on any atom is 0.147 e. The van der Waals surface area contributed by atoms with E-state index in [0.29, 0.717) is 5.56 Å². The van der Waals surface area contributed by atoms with Gasteiger partial charge in [0, 0.05) is 11.3 Å². The molecule has 0 atom stereocenters. The molecular formula is C10H10BrFOS. The lowest BCUT2D eigenvalue weighted by Crippen LogP contribution is -2.05. The fourth-order valence-corrected chi connectivity index (χ4v) is 1.68. The van der Waals surface area contributed by atoms with E-state index in [-0.39, 0.29) is 23.4 Å². The van der Waals surface area contributed by atoms with Gasteiger partial charge in [-0.15, -0.1) is 11.8 Å². The number of rotatable bonds is 4. The smallest absolute Gasteiger partial charge is 0.147 e. The number of hydrogen-bond acceptors (Lipinski definition) is 2. The summed E-state index contributed by atoms with van der Waals surface area (Å²) < 4.78 is 13.4. The molecule has 0 N–H and O–H groups in total. The van der Waals surface area contributed by atoms with E-state index in [1.165, 1.54) is 17.8 Å². The summed E-state index contributed by atoms with van der Waals surface area (Å²) in [6.45, 7) is 0. The zero-order valence-corrected chi connectivity index (χ0v) is 10.1. The minimum absolute atomic E-state index is 0.0131. The Bertz CT molecular complexity index is 341. The summed E-state index contributed by atoms with van der Waals surface area (Å²) in [5.74, 6) is -0.313. The van der Waals surface area contributed by atoms with Crippen LogP contribution in [-0.4, -0.2) is 17.4 Å². The summed E-state index contributed by atoms with van der Waals surface area (Å²) in [6.07, 6.45) is 2.05. The van der Waals surface area contributed by atoms with Crippen LogP contribution in [0.4, 0.5) is 4.39 Å². The summed E-state index contributed by atoms with van der Waals surface area (Å²) in [5.41, 5.74) is 0.465. The first-order valence-corrected chi connectivity index (χ1v) is 6.42. The molecule has 0 aliphatic heterocycles. The van der Waals surface area contributed by atoms with Crippen LogP contribution in [-0.2, 0) is 11.2 Å². The van der Waals surface area contributed by atoms with E-state index in [0.717, 1.165) is 4.90 Å². The molecule has 0 saturated carbocycles. The van der Waals surface area contributed by atoms with Gasteiger partial charge in [-0.3, -0.25) is 4.79 Å². The van der Waals surface area contributed by atoms with Crippen LogP contribution in [0.25, 0.3) is 0 Å². The summed E-state index contributed by atoms with van der Waals surface area (Å²) in [7, 11) is 0. The first-order chi connectivity index (χ1) is 6.67. The normalized spacial score (nSPS) is 10.2. The van der Waals surface area contributed by atoms with Crippen molar-refractivity contribution in [3.8, 4) is 0 Å². The molecule has 0 amide bonds. The summed E-state index contributed by atoms with van der Waals surface area (Å²) >= 11 is 4.53. The number of Topliss-reactive ketones (excluding diaryl/α,β-unsaturated/α-hetero) is 1. The second kappa shape index (κ2) is 5.51. The Morgan fingerprint density at radius 1 is 1.57 bits per heavy atom. The molecule has 1 nitrogen and oxygen atoms in total. The zero-order valence-electron chi connectivity index (χ0n) is 7.72. The largest absolute Gasteiger partial charge is 0.298 e. The van der Waals surface area contributed by atoms with Gasteiger partial charge < -0.3 is 0 Å². The number of thioether (sulfide) groups is 1. The third-order valence-electron chi connectivity index (χ3n) is 1.80. The molecule has 4 heteroatoms. The van der Waals surface area contributed by atoms with Gasteiger partial charge in [0.05, 0.1) is 5.33 Å². The van der Waals surface area contributed by atoms with Gasteiger partial charge in [-0.25, -0.2) is 4.39 Å². The molecule has 76 valence electrons. The van der Waals surface area contributed by atoms with Crippen molar-refractivity contribution in [1.29, 1.82) is 0 Å². The Kier molecular flexibility index (Phi) is 4.62. The minimum Gasteiger partial charge on any atom is -0.298 e. The van der Waals surface area contributed by atoms with Crippen LogP contribution >= 0.6 is 27.7 Å². The van der Waals surface area contributed by atoms with Crippen LogP contribution in [0.5, 0.6) is 0 Å². The van der Waals surface area contributed by atoms with Gasteiger partial charge in [0.1, 0.15) is 11.6 Å². The molecule has 0 saturated heterocycles. The first-order valence-electron chi connectivity index (χ1n) is 4.07. The minimum atomic E-state index is -0.300. The quantitative estimate of drug-likeness (QED) is 0.621. The summed E-state index contributed by atoms with van der Waals surface area (Å²) in [4.78, 5) is 11.9. The molecule has 1 rings (SSSR count). The molecule has 0 radical (unpaired) electrons. The molecule has 0 fully saturated rings. The zero-order chi connectivity index (χ0) is 10.6. The van der Waals surface area contributed by atoms with E-state index >= 15 is 0 Å². The molecule has 1 aromatic rings. The Labute approximate surface area is 95.2 Å². The van der Waals surface area contributed by atoms with Gasteiger partial charge in [0.15, 0.2) is 0 Å². The Morgan fingerprint density at radius 2 is 2.29 bits per heavy atom. The lowest BCUT2D eigenvalue weighted by molar-refractivity contribution is -0.115. The Hall–Kier alpha value is -0.350. The fourth-order valence-electron chi connectivity index (χ4n) is 1.06. The highest BCUT2D eigenvalue weighted by atomic mass is 79.9. The fraction of sp³-hybridized carbons (Fsp3) is 0.300. The second-order valence-corrected chi connectivity index (χ2v) is 4.25. The number of benzene rings is 1. The topological polar surface area (TPSA) is 17.1 Å². The summed E-state index contributed by atoms with van der Waals surface area (Å²) in [5, 5.41) is 0.275. The molecule has 0 unspecified atom stereocenters. The van der Waals surface area contributed by atoms with Crippen molar-refractivity contribution in [3.63, 3.8) is 0 Å². The lowest BCUT2D eigenvalue weighted by Gasteiger charge is -2.02. The molecule has 0 bridgehead atoms.